The molecule has 1 saturated heterocycles. The molecule has 35 heavy (non-hydrogen) atoms. The summed E-state index contributed by atoms with van der Waals surface area (Å²) in [6.45, 7) is 1.52. The standard InChI is InChI=1S/C20H22N6O6S3/c1-2-35(31,32)24-15(12-10-33-20(21)22-12)17(28)23-18-11(9-25-6-4-3-5-7-25)16(19(29)30)26-13(27)8-14(26)34-18/h3-7,10,14-15,18,24H,2,8-9H2,1H3,(H3-,21,22,23,28,29,30)/p+1/t14-,15?,18?/m0/s1. The quantitative estimate of drug-likeness (QED) is 0.248. The number of carbonyl (C=O) groups excluding carboxylic acids is 2. The van der Waals surface area contributed by atoms with E-state index in [0.717, 1.165) is 11.3 Å². The number of nitrogens with zero attached hydrogens (tertiary/aromatic N) is 3. The number of nitrogens with one attached hydrogen (secondary N) is 2. The number of aromatic nitrogens is 2. The number of anilines is 1. The van der Waals surface area contributed by atoms with Gasteiger partial charge in [0.2, 0.25) is 21.8 Å². The van der Waals surface area contributed by atoms with Crippen molar-refractivity contribution in [2.75, 3.05) is 11.5 Å². The number of fused-ring (bicyclic) bond motifs is 1. The van der Waals surface area contributed by atoms with Crippen molar-refractivity contribution in [3.05, 3.63) is 52.9 Å². The molecule has 1 fully saturated rings. The fourth-order valence-electron chi connectivity index (χ4n) is 3.70. The summed E-state index contributed by atoms with van der Waals surface area (Å²) in [5.74, 6) is -2.58. The Kier molecular flexibility index (Phi) is 7.12. The molecule has 2 unspecified atom stereocenters. The van der Waals surface area contributed by atoms with Crippen LogP contribution in [0.3, 0.4) is 0 Å². The third-order valence-electron chi connectivity index (χ3n) is 5.44. The molecule has 0 bridgehead atoms. The Bertz CT molecular complexity index is 1300. The molecule has 4 heterocycles. The lowest BCUT2D eigenvalue weighted by Gasteiger charge is -2.46. The van der Waals surface area contributed by atoms with Crippen LogP contribution in [-0.2, 0) is 31.0 Å². The van der Waals surface area contributed by atoms with Gasteiger partial charge in [0.25, 0.3) is 0 Å². The SMILES string of the molecule is CCS(=O)(=O)NC(C(=O)NC1S[C@H]2CC(=O)N2C(C(=O)O)=C1C[n+]1ccccc1)c1csc(N)n1. The smallest absolute Gasteiger partial charge is 0.352 e. The minimum absolute atomic E-state index is 0.0892. The van der Waals surface area contributed by atoms with Crippen molar-refractivity contribution in [2.45, 2.75) is 36.7 Å². The van der Waals surface area contributed by atoms with Crippen molar-refractivity contribution in [3.8, 4) is 0 Å². The van der Waals surface area contributed by atoms with Gasteiger partial charge in [-0.05, 0) is 6.92 Å². The van der Waals surface area contributed by atoms with Gasteiger partial charge in [-0.3, -0.25) is 14.5 Å². The van der Waals surface area contributed by atoms with Gasteiger partial charge in [0.15, 0.2) is 24.1 Å². The van der Waals surface area contributed by atoms with Crippen LogP contribution in [0.1, 0.15) is 25.1 Å². The highest BCUT2D eigenvalue weighted by Gasteiger charge is 2.50. The molecule has 2 aromatic rings. The Morgan fingerprint density at radius 1 is 1.34 bits per heavy atom. The largest absolute Gasteiger partial charge is 0.477 e. The number of thioether (sulfide) groups is 1. The van der Waals surface area contributed by atoms with Crippen molar-refractivity contribution in [1.29, 1.82) is 0 Å². The summed E-state index contributed by atoms with van der Waals surface area (Å²) in [7, 11) is -3.80. The van der Waals surface area contributed by atoms with Crippen molar-refractivity contribution in [2.24, 2.45) is 0 Å². The van der Waals surface area contributed by atoms with E-state index in [9.17, 15) is 27.9 Å². The number of nitrogen functional groups attached to an aromatic ring is 1. The molecule has 5 N–H and O–H groups in total. The van der Waals surface area contributed by atoms with Gasteiger partial charge in [0.1, 0.15) is 17.1 Å². The van der Waals surface area contributed by atoms with Gasteiger partial charge in [0.05, 0.1) is 28.8 Å². The predicted molar refractivity (Wildman–Crippen MR) is 128 cm³/mol. The highest BCUT2D eigenvalue weighted by Crippen LogP contribution is 2.43. The van der Waals surface area contributed by atoms with Crippen molar-refractivity contribution in [1.82, 2.24) is 19.9 Å². The number of β-lactam (4-membered cyclic amide) rings is 1. The lowest BCUT2D eigenvalue weighted by Crippen LogP contribution is -2.59. The zero-order valence-electron chi connectivity index (χ0n) is 18.4. The van der Waals surface area contributed by atoms with E-state index < -0.39 is 38.7 Å². The zero-order valence-corrected chi connectivity index (χ0v) is 20.9. The summed E-state index contributed by atoms with van der Waals surface area (Å²) in [6.07, 6.45) is 3.60. The summed E-state index contributed by atoms with van der Waals surface area (Å²) < 4.78 is 28.6. The Hall–Kier alpha value is -3.01. The number of aliphatic carboxylic acids is 1. The highest BCUT2D eigenvalue weighted by atomic mass is 32.2. The van der Waals surface area contributed by atoms with Crippen LogP contribution in [0.25, 0.3) is 0 Å². The molecule has 3 atom stereocenters. The highest BCUT2D eigenvalue weighted by molar-refractivity contribution is 8.00. The molecular weight excluding hydrogens is 516 g/mol. The van der Waals surface area contributed by atoms with E-state index >= 15 is 0 Å². The van der Waals surface area contributed by atoms with Crippen LogP contribution in [0.2, 0.25) is 0 Å². The summed E-state index contributed by atoms with van der Waals surface area (Å²) >= 11 is 2.28. The van der Waals surface area contributed by atoms with Crippen LogP contribution < -0.4 is 20.3 Å². The first-order chi connectivity index (χ1) is 16.6. The molecule has 12 nitrogen and oxygen atoms in total. The Morgan fingerprint density at radius 3 is 2.63 bits per heavy atom. The van der Waals surface area contributed by atoms with Gasteiger partial charge in [0, 0.05) is 17.5 Å². The minimum atomic E-state index is -3.80. The average Bonchev–Trinajstić information content (AvgIpc) is 3.24. The first-order valence-electron chi connectivity index (χ1n) is 10.5. The topological polar surface area (TPSA) is 176 Å². The molecule has 2 aromatic heterocycles. The molecule has 0 aromatic carbocycles. The fraction of sp³-hybridized carbons (Fsp3) is 0.350. The maximum absolute atomic E-state index is 13.4. The molecule has 0 spiro atoms. The Labute approximate surface area is 209 Å². The molecule has 0 aliphatic carbocycles. The fourth-order valence-corrected chi connectivity index (χ4v) is 6.47. The van der Waals surface area contributed by atoms with Gasteiger partial charge < -0.3 is 16.2 Å². The molecule has 2 aliphatic heterocycles. The maximum Gasteiger partial charge on any atom is 0.352 e. The number of thiazole rings is 1. The van der Waals surface area contributed by atoms with Crippen molar-refractivity contribution < 1.29 is 32.5 Å². The number of hydrogen-bond acceptors (Lipinski definition) is 9. The summed E-state index contributed by atoms with van der Waals surface area (Å²) in [5.41, 5.74) is 5.93. The molecule has 4 rings (SSSR count). The van der Waals surface area contributed by atoms with Gasteiger partial charge in [-0.25, -0.2) is 22.8 Å². The minimum Gasteiger partial charge on any atom is -0.477 e. The number of amides is 2. The number of sulfonamides is 1. The lowest BCUT2D eigenvalue weighted by molar-refractivity contribution is -0.689. The third-order valence-corrected chi connectivity index (χ3v) is 8.86. The van der Waals surface area contributed by atoms with Crippen LogP contribution in [0.4, 0.5) is 5.13 Å². The van der Waals surface area contributed by atoms with Gasteiger partial charge in [-0.2, -0.15) is 4.72 Å². The maximum atomic E-state index is 13.4. The van der Waals surface area contributed by atoms with Crippen molar-refractivity contribution >= 4 is 56.0 Å². The molecule has 0 saturated carbocycles. The summed E-state index contributed by atoms with van der Waals surface area (Å²) in [4.78, 5) is 43.1. The van der Waals surface area contributed by atoms with Crippen LogP contribution in [0, 0.1) is 0 Å². The van der Waals surface area contributed by atoms with Crippen LogP contribution in [0.5, 0.6) is 0 Å². The molecule has 0 radical (unpaired) electrons. The third kappa shape index (κ3) is 5.32. The van der Waals surface area contributed by atoms with E-state index in [0.29, 0.717) is 5.57 Å². The molecule has 15 heteroatoms. The second-order valence-corrected chi connectivity index (χ2v) is 12.0. The van der Waals surface area contributed by atoms with Gasteiger partial charge in [-0.15, -0.1) is 23.1 Å². The molecule has 186 valence electrons. The van der Waals surface area contributed by atoms with E-state index in [4.69, 9.17) is 5.73 Å². The van der Waals surface area contributed by atoms with Crippen LogP contribution in [-0.4, -0.2) is 57.7 Å². The number of nitrogens with two attached hydrogens (primary N) is 1. The van der Waals surface area contributed by atoms with Crippen LogP contribution in [0.15, 0.2) is 47.2 Å². The predicted octanol–water partition coefficient (Wildman–Crippen LogP) is -0.220. The average molecular weight is 540 g/mol. The second kappa shape index (κ2) is 9.93. The first-order valence-corrected chi connectivity index (χ1v) is 14.0. The number of pyridine rings is 1. The molecular formula is C20H23N6O6S3+. The number of carbonyl (C=O) groups is 3. The first kappa shape index (κ1) is 25.1. The van der Waals surface area contributed by atoms with E-state index in [1.54, 1.807) is 35.2 Å². The second-order valence-electron chi connectivity index (χ2n) is 7.74. The Balaban J connectivity index is 1.70. The normalized spacial score (nSPS) is 20.7. The van der Waals surface area contributed by atoms with E-state index in [1.807, 2.05) is 0 Å². The van der Waals surface area contributed by atoms with Crippen LogP contribution >= 0.6 is 23.1 Å². The van der Waals surface area contributed by atoms with Crippen molar-refractivity contribution in [3.63, 3.8) is 0 Å². The lowest BCUT2D eigenvalue weighted by atomic mass is 10.1. The van der Waals surface area contributed by atoms with E-state index in [2.05, 4.69) is 15.0 Å². The number of hydrogen-bond donors (Lipinski definition) is 4. The van der Waals surface area contributed by atoms with E-state index in [-0.39, 0.29) is 41.1 Å². The summed E-state index contributed by atoms with van der Waals surface area (Å²) in [5, 5.41) is 13.1. The number of rotatable bonds is 9. The number of carboxylic acid groups (broad SMARTS) is 1. The number of carboxylic acids is 1. The zero-order chi connectivity index (χ0) is 25.3. The molecule has 2 aliphatic rings. The summed E-state index contributed by atoms with van der Waals surface area (Å²) in [6, 6.07) is 3.97. The monoisotopic (exact) mass is 539 g/mol. The van der Waals surface area contributed by atoms with Gasteiger partial charge >= 0.3 is 5.97 Å². The van der Waals surface area contributed by atoms with Gasteiger partial charge in [-0.1, -0.05) is 6.07 Å². The molecule has 2 amide bonds. The Morgan fingerprint density at radius 2 is 2.06 bits per heavy atom. The van der Waals surface area contributed by atoms with E-state index in [1.165, 1.54) is 29.0 Å².